The average molecular weight is 270 g/mol. The SMILES string of the molecule is CCN(CC)C(=O)CN(C)CC(=O)N1CCNCC1. The van der Waals surface area contributed by atoms with Crippen LogP contribution >= 0.6 is 0 Å². The quantitative estimate of drug-likeness (QED) is 0.688. The molecule has 0 aromatic carbocycles. The van der Waals surface area contributed by atoms with Crippen molar-refractivity contribution in [2.75, 3.05) is 59.4 Å². The van der Waals surface area contributed by atoms with Crippen molar-refractivity contribution in [2.24, 2.45) is 0 Å². The summed E-state index contributed by atoms with van der Waals surface area (Å²) < 4.78 is 0. The van der Waals surface area contributed by atoms with Gasteiger partial charge in [0.1, 0.15) is 0 Å². The van der Waals surface area contributed by atoms with E-state index in [2.05, 4.69) is 5.32 Å². The lowest BCUT2D eigenvalue weighted by atomic mass is 10.3. The smallest absolute Gasteiger partial charge is 0.236 e. The number of nitrogens with zero attached hydrogens (tertiary/aromatic N) is 3. The first-order valence-corrected chi connectivity index (χ1v) is 7.03. The number of piperazine rings is 1. The van der Waals surface area contributed by atoms with Gasteiger partial charge in [-0.1, -0.05) is 0 Å². The van der Waals surface area contributed by atoms with Crippen molar-refractivity contribution in [3.05, 3.63) is 0 Å². The Morgan fingerprint density at radius 1 is 1.11 bits per heavy atom. The van der Waals surface area contributed by atoms with Gasteiger partial charge in [-0.3, -0.25) is 14.5 Å². The molecule has 1 N–H and O–H groups in total. The summed E-state index contributed by atoms with van der Waals surface area (Å²) in [6.07, 6.45) is 0. The number of hydrogen-bond acceptors (Lipinski definition) is 4. The fourth-order valence-corrected chi connectivity index (χ4v) is 2.21. The molecule has 1 aliphatic heterocycles. The summed E-state index contributed by atoms with van der Waals surface area (Å²) in [6, 6.07) is 0. The van der Waals surface area contributed by atoms with Crippen LogP contribution in [0.3, 0.4) is 0 Å². The molecule has 6 nitrogen and oxygen atoms in total. The number of nitrogens with one attached hydrogen (secondary N) is 1. The predicted molar refractivity (Wildman–Crippen MR) is 74.9 cm³/mol. The van der Waals surface area contributed by atoms with E-state index in [4.69, 9.17) is 0 Å². The third kappa shape index (κ3) is 5.16. The standard InChI is InChI=1S/C13H26N4O2/c1-4-16(5-2)12(18)10-15(3)11-13(19)17-8-6-14-7-9-17/h14H,4-11H2,1-3H3. The highest BCUT2D eigenvalue weighted by Crippen LogP contribution is 1.97. The molecule has 2 amide bonds. The number of likely N-dealkylation sites (N-methyl/N-ethyl adjacent to an activating group) is 2. The highest BCUT2D eigenvalue weighted by molar-refractivity contribution is 5.81. The molecule has 1 fully saturated rings. The molecule has 0 spiro atoms. The van der Waals surface area contributed by atoms with Gasteiger partial charge < -0.3 is 15.1 Å². The second-order valence-electron chi connectivity index (χ2n) is 4.87. The molecule has 0 bridgehead atoms. The molecule has 1 rings (SSSR count). The molecule has 110 valence electrons. The molecule has 1 saturated heterocycles. The second-order valence-corrected chi connectivity index (χ2v) is 4.87. The van der Waals surface area contributed by atoms with Crippen LogP contribution < -0.4 is 5.32 Å². The van der Waals surface area contributed by atoms with Gasteiger partial charge in [0, 0.05) is 39.3 Å². The van der Waals surface area contributed by atoms with Crippen LogP contribution in [0.2, 0.25) is 0 Å². The molecule has 1 aliphatic rings. The van der Waals surface area contributed by atoms with E-state index in [0.717, 1.165) is 39.3 Å². The van der Waals surface area contributed by atoms with Crippen LogP contribution in [0.5, 0.6) is 0 Å². The van der Waals surface area contributed by atoms with E-state index in [1.165, 1.54) is 0 Å². The fourth-order valence-electron chi connectivity index (χ4n) is 2.21. The predicted octanol–water partition coefficient (Wildman–Crippen LogP) is -0.782. The largest absolute Gasteiger partial charge is 0.342 e. The number of carbonyl (C=O) groups is 2. The second kappa shape index (κ2) is 8.12. The number of hydrogen-bond donors (Lipinski definition) is 1. The summed E-state index contributed by atoms with van der Waals surface area (Å²) in [5.41, 5.74) is 0. The van der Waals surface area contributed by atoms with Crippen LogP contribution in [0.15, 0.2) is 0 Å². The normalized spacial score (nSPS) is 15.7. The van der Waals surface area contributed by atoms with E-state index < -0.39 is 0 Å². The third-order valence-corrected chi connectivity index (χ3v) is 3.40. The van der Waals surface area contributed by atoms with Gasteiger partial charge in [-0.2, -0.15) is 0 Å². The Bertz CT molecular complexity index is 299. The minimum atomic E-state index is 0.0839. The zero-order valence-corrected chi connectivity index (χ0v) is 12.3. The Labute approximate surface area is 115 Å². The molecular weight excluding hydrogens is 244 g/mol. The lowest BCUT2D eigenvalue weighted by Gasteiger charge is -2.29. The van der Waals surface area contributed by atoms with Gasteiger partial charge in [0.15, 0.2) is 0 Å². The third-order valence-electron chi connectivity index (χ3n) is 3.40. The molecule has 0 aromatic rings. The Morgan fingerprint density at radius 3 is 2.21 bits per heavy atom. The van der Waals surface area contributed by atoms with Crippen LogP contribution in [-0.2, 0) is 9.59 Å². The van der Waals surface area contributed by atoms with Crippen molar-refractivity contribution in [3.63, 3.8) is 0 Å². The summed E-state index contributed by atoms with van der Waals surface area (Å²) in [7, 11) is 1.82. The molecule has 0 radical (unpaired) electrons. The molecule has 0 atom stereocenters. The maximum absolute atomic E-state index is 12.0. The molecule has 19 heavy (non-hydrogen) atoms. The first-order chi connectivity index (χ1) is 9.08. The lowest BCUT2D eigenvalue weighted by Crippen LogP contribution is -2.50. The van der Waals surface area contributed by atoms with E-state index in [0.29, 0.717) is 13.1 Å². The summed E-state index contributed by atoms with van der Waals surface area (Å²) in [4.78, 5) is 29.4. The summed E-state index contributed by atoms with van der Waals surface area (Å²) in [5, 5.41) is 3.22. The fraction of sp³-hybridized carbons (Fsp3) is 0.846. The maximum atomic E-state index is 12.0. The van der Waals surface area contributed by atoms with E-state index in [9.17, 15) is 9.59 Å². The minimum Gasteiger partial charge on any atom is -0.342 e. The Balaban J connectivity index is 2.35. The van der Waals surface area contributed by atoms with Crippen LogP contribution in [0, 0.1) is 0 Å². The van der Waals surface area contributed by atoms with Crippen molar-refractivity contribution in [1.29, 1.82) is 0 Å². The maximum Gasteiger partial charge on any atom is 0.236 e. The van der Waals surface area contributed by atoms with Crippen molar-refractivity contribution in [2.45, 2.75) is 13.8 Å². The number of rotatable bonds is 6. The van der Waals surface area contributed by atoms with Gasteiger partial charge in [0.05, 0.1) is 13.1 Å². The van der Waals surface area contributed by atoms with Crippen LogP contribution in [-0.4, -0.2) is 85.9 Å². The summed E-state index contributed by atoms with van der Waals surface area (Å²) >= 11 is 0. The van der Waals surface area contributed by atoms with Gasteiger partial charge in [0.2, 0.25) is 11.8 Å². The lowest BCUT2D eigenvalue weighted by molar-refractivity contribution is -0.135. The van der Waals surface area contributed by atoms with Gasteiger partial charge in [-0.15, -0.1) is 0 Å². The van der Waals surface area contributed by atoms with Crippen molar-refractivity contribution < 1.29 is 9.59 Å². The molecule has 6 heteroatoms. The highest BCUT2D eigenvalue weighted by atomic mass is 16.2. The Kier molecular flexibility index (Phi) is 6.80. The van der Waals surface area contributed by atoms with Crippen molar-refractivity contribution in [3.8, 4) is 0 Å². The van der Waals surface area contributed by atoms with E-state index >= 15 is 0 Å². The van der Waals surface area contributed by atoms with E-state index in [1.807, 2.05) is 25.8 Å². The zero-order chi connectivity index (χ0) is 14.3. The average Bonchev–Trinajstić information content (AvgIpc) is 2.40. The van der Waals surface area contributed by atoms with Gasteiger partial charge in [0.25, 0.3) is 0 Å². The summed E-state index contributed by atoms with van der Waals surface area (Å²) in [5.74, 6) is 0.192. The first-order valence-electron chi connectivity index (χ1n) is 7.03. The minimum absolute atomic E-state index is 0.0839. The first kappa shape index (κ1) is 15.9. The topological polar surface area (TPSA) is 55.9 Å². The van der Waals surface area contributed by atoms with Crippen LogP contribution in [0.1, 0.15) is 13.8 Å². The number of amides is 2. The molecular formula is C13H26N4O2. The van der Waals surface area contributed by atoms with Crippen molar-refractivity contribution >= 4 is 11.8 Å². The van der Waals surface area contributed by atoms with Crippen LogP contribution in [0.4, 0.5) is 0 Å². The van der Waals surface area contributed by atoms with E-state index in [-0.39, 0.29) is 11.8 Å². The molecule has 0 aromatic heterocycles. The highest BCUT2D eigenvalue weighted by Gasteiger charge is 2.19. The monoisotopic (exact) mass is 270 g/mol. The molecule has 1 heterocycles. The van der Waals surface area contributed by atoms with Crippen LogP contribution in [0.25, 0.3) is 0 Å². The molecule has 0 aliphatic carbocycles. The van der Waals surface area contributed by atoms with Gasteiger partial charge in [-0.25, -0.2) is 0 Å². The van der Waals surface area contributed by atoms with Gasteiger partial charge >= 0.3 is 0 Å². The van der Waals surface area contributed by atoms with E-state index in [1.54, 1.807) is 9.80 Å². The number of carbonyl (C=O) groups excluding carboxylic acids is 2. The zero-order valence-electron chi connectivity index (χ0n) is 12.3. The van der Waals surface area contributed by atoms with Crippen molar-refractivity contribution in [1.82, 2.24) is 20.0 Å². The molecule has 0 unspecified atom stereocenters. The molecule has 0 saturated carbocycles. The Morgan fingerprint density at radius 2 is 1.68 bits per heavy atom. The van der Waals surface area contributed by atoms with Gasteiger partial charge in [-0.05, 0) is 20.9 Å². The Hall–Kier alpha value is -1.14. The summed E-state index contributed by atoms with van der Waals surface area (Å²) in [6.45, 7) is 9.21.